The number of nitrogens with zero attached hydrogens (tertiary/aromatic N) is 2. The monoisotopic (exact) mass is 407 g/mol. The third kappa shape index (κ3) is 6.63. The number of anilines is 1. The maximum absolute atomic E-state index is 12.9. The summed E-state index contributed by atoms with van der Waals surface area (Å²) in [5.41, 5.74) is 1.48. The van der Waals surface area contributed by atoms with Crippen molar-refractivity contribution in [3.63, 3.8) is 0 Å². The lowest BCUT2D eigenvalue weighted by molar-refractivity contribution is -0.153. The zero-order chi connectivity index (χ0) is 20.9. The molecule has 29 heavy (non-hydrogen) atoms. The van der Waals surface area contributed by atoms with E-state index >= 15 is 0 Å². The number of carbonyl (C=O) groups excluding carboxylic acids is 1. The molecule has 0 radical (unpaired) electrons. The molecule has 0 aliphatic rings. The summed E-state index contributed by atoms with van der Waals surface area (Å²) in [7, 11) is 0. The molecule has 1 heterocycles. The van der Waals surface area contributed by atoms with Gasteiger partial charge >= 0.3 is 6.18 Å². The first-order chi connectivity index (χ1) is 13.8. The molecular weight excluding hydrogens is 390 g/mol. The van der Waals surface area contributed by atoms with Gasteiger partial charge in [0.2, 0.25) is 5.91 Å². The minimum absolute atomic E-state index is 0.0321. The maximum atomic E-state index is 12.9. The van der Waals surface area contributed by atoms with Gasteiger partial charge in [0.25, 0.3) is 0 Å². The lowest BCUT2D eigenvalue weighted by atomic mass is 10.1. The SMILES string of the molecule is O=C(Cc1ccc(OCC(F)(F)F)cc1)Nc1ccn(Cc2ccc(F)cc2)n1. The van der Waals surface area contributed by atoms with Gasteiger partial charge < -0.3 is 10.1 Å². The largest absolute Gasteiger partial charge is 0.484 e. The number of alkyl halides is 3. The van der Waals surface area contributed by atoms with Crippen molar-refractivity contribution in [1.29, 1.82) is 0 Å². The molecule has 1 aromatic heterocycles. The van der Waals surface area contributed by atoms with Crippen LogP contribution in [-0.4, -0.2) is 28.5 Å². The second-order valence-electron chi connectivity index (χ2n) is 6.30. The van der Waals surface area contributed by atoms with Gasteiger partial charge in [-0.05, 0) is 35.4 Å². The Balaban J connectivity index is 1.50. The summed E-state index contributed by atoms with van der Waals surface area (Å²) in [6.45, 7) is -0.942. The van der Waals surface area contributed by atoms with Gasteiger partial charge in [-0.15, -0.1) is 0 Å². The normalized spacial score (nSPS) is 11.3. The molecule has 3 aromatic rings. The molecule has 0 fully saturated rings. The molecule has 0 bridgehead atoms. The maximum Gasteiger partial charge on any atom is 0.422 e. The molecule has 152 valence electrons. The molecule has 0 unspecified atom stereocenters. The van der Waals surface area contributed by atoms with E-state index in [1.165, 1.54) is 36.4 Å². The van der Waals surface area contributed by atoms with E-state index in [2.05, 4.69) is 15.2 Å². The van der Waals surface area contributed by atoms with Gasteiger partial charge in [-0.25, -0.2) is 4.39 Å². The van der Waals surface area contributed by atoms with Crippen molar-refractivity contribution in [2.75, 3.05) is 11.9 Å². The fraction of sp³-hybridized carbons (Fsp3) is 0.200. The number of ether oxygens (including phenoxy) is 1. The van der Waals surface area contributed by atoms with E-state index in [0.29, 0.717) is 17.9 Å². The van der Waals surface area contributed by atoms with Gasteiger partial charge in [0.05, 0.1) is 13.0 Å². The first kappa shape index (κ1) is 20.4. The molecule has 2 aromatic carbocycles. The molecule has 3 rings (SSSR count). The Labute approximate surface area is 163 Å². The highest BCUT2D eigenvalue weighted by Gasteiger charge is 2.28. The smallest absolute Gasteiger partial charge is 0.422 e. The highest BCUT2D eigenvalue weighted by atomic mass is 19.4. The molecule has 0 aliphatic heterocycles. The van der Waals surface area contributed by atoms with E-state index < -0.39 is 12.8 Å². The Hall–Kier alpha value is -3.36. The topological polar surface area (TPSA) is 56.1 Å². The quantitative estimate of drug-likeness (QED) is 0.598. The number of amides is 1. The Bertz CT molecular complexity index is 951. The van der Waals surface area contributed by atoms with E-state index in [-0.39, 0.29) is 23.9 Å². The van der Waals surface area contributed by atoms with Crippen LogP contribution in [0.5, 0.6) is 5.75 Å². The van der Waals surface area contributed by atoms with Crippen LogP contribution < -0.4 is 10.1 Å². The van der Waals surface area contributed by atoms with Crippen LogP contribution in [0.2, 0.25) is 0 Å². The predicted octanol–water partition coefficient (Wildman–Crippen LogP) is 4.19. The third-order valence-corrected chi connectivity index (χ3v) is 3.86. The van der Waals surface area contributed by atoms with Crippen LogP contribution in [0.3, 0.4) is 0 Å². The zero-order valence-electron chi connectivity index (χ0n) is 15.1. The summed E-state index contributed by atoms with van der Waals surface area (Å²) in [6.07, 6.45) is -2.69. The van der Waals surface area contributed by atoms with Crippen molar-refractivity contribution in [3.8, 4) is 5.75 Å². The van der Waals surface area contributed by atoms with Gasteiger partial charge in [-0.1, -0.05) is 24.3 Å². The van der Waals surface area contributed by atoms with Crippen molar-refractivity contribution in [1.82, 2.24) is 9.78 Å². The Morgan fingerprint density at radius 1 is 1.00 bits per heavy atom. The molecule has 0 saturated heterocycles. The van der Waals surface area contributed by atoms with Gasteiger partial charge in [0.15, 0.2) is 12.4 Å². The molecule has 9 heteroatoms. The summed E-state index contributed by atoms with van der Waals surface area (Å²) in [6, 6.07) is 13.5. The first-order valence-electron chi connectivity index (χ1n) is 8.63. The lowest BCUT2D eigenvalue weighted by Crippen LogP contribution is -2.19. The van der Waals surface area contributed by atoms with Crippen molar-refractivity contribution in [3.05, 3.63) is 77.7 Å². The summed E-state index contributed by atoms with van der Waals surface area (Å²) in [5.74, 6) is -0.198. The third-order valence-electron chi connectivity index (χ3n) is 3.86. The van der Waals surface area contributed by atoms with Crippen molar-refractivity contribution < 1.29 is 27.1 Å². The van der Waals surface area contributed by atoms with Gasteiger partial charge in [-0.3, -0.25) is 9.48 Å². The first-order valence-corrected chi connectivity index (χ1v) is 8.63. The Morgan fingerprint density at radius 3 is 2.31 bits per heavy atom. The van der Waals surface area contributed by atoms with Gasteiger partial charge in [0.1, 0.15) is 11.6 Å². The molecular formula is C20H17F4N3O2. The fourth-order valence-electron chi connectivity index (χ4n) is 2.53. The number of aromatic nitrogens is 2. The minimum atomic E-state index is -4.40. The molecule has 0 aliphatic carbocycles. The molecule has 1 amide bonds. The van der Waals surface area contributed by atoms with Crippen molar-refractivity contribution >= 4 is 11.7 Å². The van der Waals surface area contributed by atoms with E-state index in [1.807, 2.05) is 0 Å². The van der Waals surface area contributed by atoms with Crippen LogP contribution in [0.1, 0.15) is 11.1 Å². The average Bonchev–Trinajstić information content (AvgIpc) is 3.09. The Morgan fingerprint density at radius 2 is 1.66 bits per heavy atom. The number of nitrogens with one attached hydrogen (secondary N) is 1. The number of carbonyl (C=O) groups is 1. The van der Waals surface area contributed by atoms with E-state index in [1.54, 1.807) is 29.1 Å². The zero-order valence-corrected chi connectivity index (χ0v) is 15.1. The number of hydrogen-bond donors (Lipinski definition) is 1. The molecule has 1 N–H and O–H groups in total. The fourth-order valence-corrected chi connectivity index (χ4v) is 2.53. The van der Waals surface area contributed by atoms with Crippen LogP contribution in [0.15, 0.2) is 60.8 Å². The standard InChI is InChI=1S/C20H17F4N3O2/c21-16-5-1-15(2-6-16)12-27-10-9-18(26-27)25-19(28)11-14-3-7-17(8-4-14)29-13-20(22,23)24/h1-10H,11-13H2,(H,25,26,28). The molecule has 0 saturated carbocycles. The van der Waals surface area contributed by atoms with Crippen molar-refractivity contribution in [2.45, 2.75) is 19.1 Å². The number of benzene rings is 2. The summed E-state index contributed by atoms with van der Waals surface area (Å²) in [5, 5.41) is 6.89. The van der Waals surface area contributed by atoms with E-state index in [0.717, 1.165) is 5.56 Å². The van der Waals surface area contributed by atoms with Crippen LogP contribution in [0.25, 0.3) is 0 Å². The highest BCUT2D eigenvalue weighted by molar-refractivity contribution is 5.91. The van der Waals surface area contributed by atoms with E-state index in [4.69, 9.17) is 0 Å². The lowest BCUT2D eigenvalue weighted by Gasteiger charge is -2.09. The summed E-state index contributed by atoms with van der Waals surface area (Å²) >= 11 is 0. The van der Waals surface area contributed by atoms with Crippen LogP contribution in [0.4, 0.5) is 23.4 Å². The molecule has 0 atom stereocenters. The highest BCUT2D eigenvalue weighted by Crippen LogP contribution is 2.19. The number of rotatable bonds is 7. The average molecular weight is 407 g/mol. The van der Waals surface area contributed by atoms with Gasteiger partial charge in [-0.2, -0.15) is 18.3 Å². The van der Waals surface area contributed by atoms with Crippen LogP contribution in [-0.2, 0) is 17.8 Å². The number of halogens is 4. The minimum Gasteiger partial charge on any atom is -0.484 e. The van der Waals surface area contributed by atoms with Crippen LogP contribution >= 0.6 is 0 Å². The summed E-state index contributed by atoms with van der Waals surface area (Å²) in [4.78, 5) is 12.1. The summed E-state index contributed by atoms with van der Waals surface area (Å²) < 4.78 is 55.6. The Kier molecular flexibility index (Phi) is 6.16. The van der Waals surface area contributed by atoms with Gasteiger partial charge in [0, 0.05) is 12.3 Å². The molecule has 0 spiro atoms. The second kappa shape index (κ2) is 8.76. The second-order valence-corrected chi connectivity index (χ2v) is 6.30. The number of hydrogen-bond acceptors (Lipinski definition) is 3. The van der Waals surface area contributed by atoms with E-state index in [9.17, 15) is 22.4 Å². The molecule has 5 nitrogen and oxygen atoms in total. The predicted molar refractivity (Wildman–Crippen MR) is 98.1 cm³/mol. The van der Waals surface area contributed by atoms with Crippen LogP contribution in [0, 0.1) is 5.82 Å². The van der Waals surface area contributed by atoms with Crippen molar-refractivity contribution in [2.24, 2.45) is 0 Å².